The number of hydrogen-bond acceptors (Lipinski definition) is 4. The molecule has 0 aliphatic carbocycles. The maximum Gasteiger partial charge on any atom is 0.573 e. The van der Waals surface area contributed by atoms with Gasteiger partial charge in [-0.05, 0) is 25.2 Å². The van der Waals surface area contributed by atoms with E-state index < -0.39 is 6.36 Å². The van der Waals surface area contributed by atoms with E-state index in [1.807, 2.05) is 0 Å². The Labute approximate surface area is 139 Å². The van der Waals surface area contributed by atoms with Crippen LogP contribution in [-0.4, -0.2) is 17.3 Å². The van der Waals surface area contributed by atoms with Gasteiger partial charge in [0.25, 0.3) is 0 Å². The zero-order valence-corrected chi connectivity index (χ0v) is 13.6. The molecular weight excluding hydrogens is 349 g/mol. The SMILES string of the molecule is Cc1[nH]c(=S)sc1CC(=O)NCc1ccccc1OC(F)(F)F. The summed E-state index contributed by atoms with van der Waals surface area (Å²) in [4.78, 5) is 15.7. The van der Waals surface area contributed by atoms with Gasteiger partial charge in [-0.2, -0.15) is 0 Å². The van der Waals surface area contributed by atoms with Crippen molar-refractivity contribution in [2.24, 2.45) is 0 Å². The van der Waals surface area contributed by atoms with Crippen molar-refractivity contribution in [3.63, 3.8) is 0 Å². The zero-order valence-electron chi connectivity index (χ0n) is 12.0. The number of aromatic nitrogens is 1. The fraction of sp³-hybridized carbons (Fsp3) is 0.286. The molecule has 0 bridgehead atoms. The van der Waals surface area contributed by atoms with Crippen molar-refractivity contribution in [3.05, 3.63) is 44.4 Å². The lowest BCUT2D eigenvalue weighted by Crippen LogP contribution is -2.25. The van der Waals surface area contributed by atoms with Gasteiger partial charge in [0.2, 0.25) is 5.91 Å². The van der Waals surface area contributed by atoms with Crippen LogP contribution in [0.25, 0.3) is 0 Å². The van der Waals surface area contributed by atoms with E-state index in [0.717, 1.165) is 10.6 Å². The normalized spacial score (nSPS) is 11.3. The molecule has 1 aromatic carbocycles. The van der Waals surface area contributed by atoms with Crippen molar-refractivity contribution in [3.8, 4) is 5.75 Å². The van der Waals surface area contributed by atoms with Crippen LogP contribution in [0.1, 0.15) is 16.1 Å². The molecule has 124 valence electrons. The Morgan fingerprint density at radius 2 is 2.09 bits per heavy atom. The number of aromatic amines is 1. The lowest BCUT2D eigenvalue weighted by atomic mass is 10.2. The topological polar surface area (TPSA) is 54.1 Å². The lowest BCUT2D eigenvalue weighted by Gasteiger charge is -2.13. The van der Waals surface area contributed by atoms with Gasteiger partial charge in [-0.1, -0.05) is 18.2 Å². The summed E-state index contributed by atoms with van der Waals surface area (Å²) in [5.74, 6) is -0.631. The van der Waals surface area contributed by atoms with Crippen LogP contribution < -0.4 is 10.1 Å². The molecule has 1 aromatic heterocycles. The molecule has 9 heteroatoms. The Morgan fingerprint density at radius 3 is 2.70 bits per heavy atom. The molecule has 0 aliphatic heterocycles. The Balaban J connectivity index is 1.99. The van der Waals surface area contributed by atoms with Gasteiger partial charge in [0.05, 0.1) is 6.42 Å². The number of halogens is 3. The van der Waals surface area contributed by atoms with Crippen LogP contribution in [0.5, 0.6) is 5.75 Å². The highest BCUT2D eigenvalue weighted by atomic mass is 32.1. The zero-order chi connectivity index (χ0) is 17.0. The Morgan fingerprint density at radius 1 is 1.39 bits per heavy atom. The Bertz CT molecular complexity index is 753. The summed E-state index contributed by atoms with van der Waals surface area (Å²) in [6.07, 6.45) is -4.66. The molecule has 0 unspecified atom stereocenters. The minimum absolute atomic E-state index is 0.0556. The van der Waals surface area contributed by atoms with E-state index >= 15 is 0 Å². The van der Waals surface area contributed by atoms with Crippen molar-refractivity contribution < 1.29 is 22.7 Å². The van der Waals surface area contributed by atoms with Crippen LogP contribution in [0.4, 0.5) is 13.2 Å². The number of carbonyl (C=O) groups excluding carboxylic acids is 1. The summed E-state index contributed by atoms with van der Waals surface area (Å²) in [7, 11) is 0. The number of aryl methyl sites for hydroxylation is 1. The molecule has 0 aliphatic rings. The largest absolute Gasteiger partial charge is 0.573 e. The van der Waals surface area contributed by atoms with Gasteiger partial charge < -0.3 is 15.0 Å². The second-order valence-corrected chi connectivity index (χ2v) is 6.44. The predicted molar refractivity (Wildman–Crippen MR) is 82.9 cm³/mol. The second kappa shape index (κ2) is 7.14. The third-order valence-electron chi connectivity index (χ3n) is 2.92. The van der Waals surface area contributed by atoms with Gasteiger partial charge in [0.1, 0.15) is 5.75 Å². The monoisotopic (exact) mass is 362 g/mol. The van der Waals surface area contributed by atoms with Gasteiger partial charge in [0.15, 0.2) is 3.95 Å². The van der Waals surface area contributed by atoms with E-state index in [1.54, 1.807) is 13.0 Å². The van der Waals surface area contributed by atoms with E-state index in [0.29, 0.717) is 3.95 Å². The third kappa shape index (κ3) is 5.36. The molecule has 0 saturated heterocycles. The number of ether oxygens (including phenoxy) is 1. The molecule has 0 spiro atoms. The van der Waals surface area contributed by atoms with Crippen molar-refractivity contribution in [1.29, 1.82) is 0 Å². The average Bonchev–Trinajstić information content (AvgIpc) is 2.74. The van der Waals surface area contributed by atoms with Gasteiger partial charge in [0, 0.05) is 22.7 Å². The summed E-state index contributed by atoms with van der Waals surface area (Å²) in [6.45, 7) is 1.75. The molecular formula is C14H13F3N2O2S2. The first-order chi connectivity index (χ1) is 10.7. The summed E-state index contributed by atoms with van der Waals surface area (Å²) in [5.41, 5.74) is 1.06. The summed E-state index contributed by atoms with van der Waals surface area (Å²) >= 11 is 6.29. The molecule has 23 heavy (non-hydrogen) atoms. The molecule has 4 nitrogen and oxygen atoms in total. The highest BCUT2D eigenvalue weighted by molar-refractivity contribution is 7.73. The number of rotatable bonds is 5. The Kier molecular flexibility index (Phi) is 5.42. The number of thiazole rings is 1. The quantitative estimate of drug-likeness (QED) is 0.794. The van der Waals surface area contributed by atoms with Gasteiger partial charge in [-0.15, -0.1) is 24.5 Å². The van der Waals surface area contributed by atoms with Gasteiger partial charge in [-0.25, -0.2) is 0 Å². The number of carbonyl (C=O) groups is 1. The first kappa shape index (κ1) is 17.5. The number of H-pyrrole nitrogens is 1. The fourth-order valence-corrected chi connectivity index (χ4v) is 3.17. The molecule has 2 aromatic rings. The number of nitrogens with one attached hydrogen (secondary N) is 2. The number of benzene rings is 1. The summed E-state index contributed by atoms with van der Waals surface area (Å²) in [5, 5.41) is 2.58. The smallest absolute Gasteiger partial charge is 0.405 e. The van der Waals surface area contributed by atoms with Crippen molar-refractivity contribution in [2.75, 3.05) is 0 Å². The maximum atomic E-state index is 12.3. The molecule has 0 atom stereocenters. The van der Waals surface area contributed by atoms with E-state index in [2.05, 4.69) is 15.0 Å². The van der Waals surface area contributed by atoms with Gasteiger partial charge >= 0.3 is 6.36 Å². The minimum Gasteiger partial charge on any atom is -0.405 e. The molecule has 1 amide bonds. The number of hydrogen-bond donors (Lipinski definition) is 2. The molecule has 2 rings (SSSR count). The average molecular weight is 362 g/mol. The summed E-state index contributed by atoms with van der Waals surface area (Å²) in [6, 6.07) is 5.68. The summed E-state index contributed by atoms with van der Waals surface area (Å²) < 4.78 is 41.5. The number of para-hydroxylation sites is 1. The van der Waals surface area contributed by atoms with E-state index in [9.17, 15) is 18.0 Å². The van der Waals surface area contributed by atoms with Crippen molar-refractivity contribution >= 4 is 29.5 Å². The number of alkyl halides is 3. The van der Waals surface area contributed by atoms with Crippen LogP contribution in [0.15, 0.2) is 24.3 Å². The standard InChI is InChI=1S/C14H13F3N2O2S2/c1-8-11(23-13(22)19-8)6-12(20)18-7-9-4-2-3-5-10(9)21-14(15,16)17/h2-5H,6-7H2,1H3,(H,18,20)(H,19,22). The molecule has 0 fully saturated rings. The highest BCUT2D eigenvalue weighted by Crippen LogP contribution is 2.26. The molecule has 2 N–H and O–H groups in total. The van der Waals surface area contributed by atoms with Crippen LogP contribution in [0.2, 0.25) is 0 Å². The predicted octanol–water partition coefficient (Wildman–Crippen LogP) is 3.87. The first-order valence-corrected chi connectivity index (χ1v) is 7.76. The minimum atomic E-state index is -4.77. The third-order valence-corrected chi connectivity index (χ3v) is 4.26. The van der Waals surface area contributed by atoms with Crippen molar-refractivity contribution in [2.45, 2.75) is 26.3 Å². The first-order valence-electron chi connectivity index (χ1n) is 6.53. The van der Waals surface area contributed by atoms with Crippen molar-refractivity contribution in [1.82, 2.24) is 10.3 Å². The van der Waals surface area contributed by atoms with Crippen LogP contribution >= 0.6 is 23.6 Å². The van der Waals surface area contributed by atoms with Crippen LogP contribution in [-0.2, 0) is 17.8 Å². The Hall–Kier alpha value is -1.87. The fourth-order valence-electron chi connectivity index (χ4n) is 1.88. The molecule has 1 heterocycles. The molecule has 0 radical (unpaired) electrons. The van der Waals surface area contributed by atoms with Crippen LogP contribution in [0.3, 0.4) is 0 Å². The molecule has 0 saturated carbocycles. The van der Waals surface area contributed by atoms with E-state index in [1.165, 1.54) is 29.5 Å². The van der Waals surface area contributed by atoms with E-state index in [-0.39, 0.29) is 30.2 Å². The lowest BCUT2D eigenvalue weighted by molar-refractivity contribution is -0.274. The second-order valence-electron chi connectivity index (χ2n) is 4.67. The van der Waals surface area contributed by atoms with Crippen LogP contribution in [0, 0.1) is 10.9 Å². The highest BCUT2D eigenvalue weighted by Gasteiger charge is 2.31. The number of amides is 1. The van der Waals surface area contributed by atoms with Gasteiger partial charge in [-0.3, -0.25) is 4.79 Å². The van der Waals surface area contributed by atoms with E-state index in [4.69, 9.17) is 12.2 Å². The maximum absolute atomic E-state index is 12.3.